The van der Waals surface area contributed by atoms with Gasteiger partial charge >= 0.3 is 0 Å². The summed E-state index contributed by atoms with van der Waals surface area (Å²) in [6, 6.07) is 14.3. The van der Waals surface area contributed by atoms with Gasteiger partial charge in [0.2, 0.25) is 0 Å². The average molecular weight is 406 g/mol. The number of anilines is 1. The molecule has 0 aliphatic carbocycles. The Labute approximate surface area is 176 Å². The molecule has 0 spiro atoms. The number of amides is 1. The number of pyridine rings is 1. The molecule has 4 nitrogen and oxygen atoms in total. The minimum absolute atomic E-state index is 0.0880. The first-order chi connectivity index (χ1) is 14.0. The van der Waals surface area contributed by atoms with Gasteiger partial charge in [0.1, 0.15) is 0 Å². The van der Waals surface area contributed by atoms with Gasteiger partial charge in [0.05, 0.1) is 11.1 Å². The summed E-state index contributed by atoms with van der Waals surface area (Å²) in [5, 5.41) is 4.01. The Balaban J connectivity index is 1.55. The molecule has 1 amide bonds. The number of hydrogen-bond acceptors (Lipinski definition) is 4. The van der Waals surface area contributed by atoms with Gasteiger partial charge in [-0.25, -0.2) is 0 Å². The molecule has 1 saturated heterocycles. The van der Waals surface area contributed by atoms with Crippen LogP contribution in [0.15, 0.2) is 42.5 Å². The number of benzene rings is 2. The maximum Gasteiger partial charge on any atom is 0.256 e. The van der Waals surface area contributed by atoms with E-state index < -0.39 is 0 Å². The third kappa shape index (κ3) is 4.62. The van der Waals surface area contributed by atoms with E-state index in [9.17, 15) is 4.79 Å². The first kappa shape index (κ1) is 19.9. The summed E-state index contributed by atoms with van der Waals surface area (Å²) in [5.41, 5.74) is 6.75. The van der Waals surface area contributed by atoms with Crippen LogP contribution in [0.5, 0.6) is 0 Å². The van der Waals surface area contributed by atoms with Crippen LogP contribution in [-0.2, 0) is 6.54 Å². The van der Waals surface area contributed by atoms with E-state index in [2.05, 4.69) is 34.3 Å². The van der Waals surface area contributed by atoms with Crippen LogP contribution in [0.2, 0.25) is 0 Å². The lowest BCUT2D eigenvalue weighted by Crippen LogP contribution is -2.31. The molecular weight excluding hydrogens is 378 g/mol. The standard InChI is InChI=1S/C24H27N3OS/c1-16-4-6-23-20(12-16)21(14-18(3)25-23)24(28)26-22-7-5-19(13-17(22)2)15-27-8-10-29-11-9-27/h4-7,12-14H,8-11,15H2,1-3H3,(H,26,28). The highest BCUT2D eigenvalue weighted by molar-refractivity contribution is 7.99. The summed E-state index contributed by atoms with van der Waals surface area (Å²) in [7, 11) is 0. The molecule has 1 aliphatic heterocycles. The molecule has 29 heavy (non-hydrogen) atoms. The fourth-order valence-corrected chi connectivity index (χ4v) is 4.81. The SMILES string of the molecule is Cc1ccc2nc(C)cc(C(=O)Nc3ccc(CN4CCSCC4)cc3C)c2c1. The second-order valence-electron chi connectivity index (χ2n) is 7.82. The van der Waals surface area contributed by atoms with Crippen LogP contribution < -0.4 is 5.32 Å². The molecule has 3 aromatic rings. The largest absolute Gasteiger partial charge is 0.322 e. The van der Waals surface area contributed by atoms with Gasteiger partial charge in [-0.05, 0) is 56.2 Å². The fraction of sp³-hybridized carbons (Fsp3) is 0.333. The summed E-state index contributed by atoms with van der Waals surface area (Å²) in [4.78, 5) is 20.2. The smallest absolute Gasteiger partial charge is 0.256 e. The van der Waals surface area contributed by atoms with Crippen molar-refractivity contribution in [2.45, 2.75) is 27.3 Å². The molecule has 1 aromatic heterocycles. The van der Waals surface area contributed by atoms with Gasteiger partial charge in [-0.1, -0.05) is 23.8 Å². The molecule has 2 heterocycles. The predicted molar refractivity (Wildman–Crippen MR) is 123 cm³/mol. The molecule has 1 aliphatic rings. The number of aryl methyl sites for hydroxylation is 3. The first-order valence-corrected chi connectivity index (χ1v) is 11.2. The highest BCUT2D eigenvalue weighted by Gasteiger charge is 2.15. The topological polar surface area (TPSA) is 45.2 Å². The number of fused-ring (bicyclic) bond motifs is 1. The van der Waals surface area contributed by atoms with Crippen LogP contribution >= 0.6 is 11.8 Å². The monoisotopic (exact) mass is 405 g/mol. The molecule has 2 aromatic carbocycles. The Morgan fingerprint density at radius 2 is 1.86 bits per heavy atom. The van der Waals surface area contributed by atoms with Crippen molar-refractivity contribution >= 4 is 34.3 Å². The van der Waals surface area contributed by atoms with Crippen molar-refractivity contribution in [1.82, 2.24) is 9.88 Å². The quantitative estimate of drug-likeness (QED) is 0.666. The molecule has 5 heteroatoms. The molecule has 0 unspecified atom stereocenters. The van der Waals surface area contributed by atoms with Gasteiger partial charge in [-0.3, -0.25) is 14.7 Å². The van der Waals surface area contributed by atoms with Gasteiger partial charge < -0.3 is 5.32 Å². The second-order valence-corrected chi connectivity index (χ2v) is 9.05. The summed E-state index contributed by atoms with van der Waals surface area (Å²) >= 11 is 2.03. The van der Waals surface area contributed by atoms with Crippen LogP contribution in [0.4, 0.5) is 5.69 Å². The lowest BCUT2D eigenvalue weighted by Gasteiger charge is -2.26. The molecule has 0 atom stereocenters. The number of carbonyl (C=O) groups is 1. The van der Waals surface area contributed by atoms with Crippen molar-refractivity contribution in [3.8, 4) is 0 Å². The van der Waals surface area contributed by atoms with Gasteiger partial charge in [0.25, 0.3) is 5.91 Å². The number of aromatic nitrogens is 1. The second kappa shape index (κ2) is 8.56. The van der Waals surface area contributed by atoms with E-state index in [0.29, 0.717) is 5.56 Å². The van der Waals surface area contributed by atoms with Crippen molar-refractivity contribution in [2.24, 2.45) is 0 Å². The lowest BCUT2D eigenvalue weighted by molar-refractivity contribution is 0.102. The highest BCUT2D eigenvalue weighted by atomic mass is 32.2. The summed E-state index contributed by atoms with van der Waals surface area (Å²) in [6.07, 6.45) is 0. The minimum Gasteiger partial charge on any atom is -0.322 e. The van der Waals surface area contributed by atoms with Crippen LogP contribution in [0.1, 0.15) is 32.7 Å². The third-order valence-electron chi connectivity index (χ3n) is 5.39. The van der Waals surface area contributed by atoms with E-state index in [1.165, 1.54) is 17.1 Å². The Bertz CT molecular complexity index is 1060. The number of thioether (sulfide) groups is 1. The molecule has 0 radical (unpaired) electrons. The van der Waals surface area contributed by atoms with E-state index in [0.717, 1.165) is 53.0 Å². The van der Waals surface area contributed by atoms with Gasteiger partial charge in [-0.2, -0.15) is 11.8 Å². The van der Waals surface area contributed by atoms with Crippen molar-refractivity contribution in [2.75, 3.05) is 29.9 Å². The first-order valence-electron chi connectivity index (χ1n) is 10.1. The molecule has 4 rings (SSSR count). The Morgan fingerprint density at radius 3 is 2.62 bits per heavy atom. The number of carbonyl (C=O) groups excluding carboxylic acids is 1. The average Bonchev–Trinajstić information content (AvgIpc) is 2.70. The van der Waals surface area contributed by atoms with E-state index in [1.54, 1.807) is 0 Å². The molecule has 1 fully saturated rings. The maximum atomic E-state index is 13.1. The number of hydrogen-bond donors (Lipinski definition) is 1. The zero-order valence-corrected chi connectivity index (χ0v) is 18.1. The summed E-state index contributed by atoms with van der Waals surface area (Å²) in [5.74, 6) is 2.34. The maximum absolute atomic E-state index is 13.1. The molecule has 0 bridgehead atoms. The Hall–Kier alpha value is -2.37. The predicted octanol–water partition coefficient (Wildman–Crippen LogP) is 4.96. The molecule has 150 valence electrons. The van der Waals surface area contributed by atoms with Crippen LogP contribution in [-0.4, -0.2) is 40.4 Å². The zero-order chi connectivity index (χ0) is 20.4. The van der Waals surface area contributed by atoms with Crippen LogP contribution in [0, 0.1) is 20.8 Å². The van der Waals surface area contributed by atoms with Crippen molar-refractivity contribution in [3.63, 3.8) is 0 Å². The van der Waals surface area contributed by atoms with Crippen molar-refractivity contribution < 1.29 is 4.79 Å². The van der Waals surface area contributed by atoms with E-state index in [1.807, 2.05) is 55.9 Å². The van der Waals surface area contributed by atoms with Gasteiger partial charge in [0.15, 0.2) is 0 Å². The van der Waals surface area contributed by atoms with Crippen molar-refractivity contribution in [3.05, 3.63) is 70.4 Å². The van der Waals surface area contributed by atoms with E-state index in [4.69, 9.17) is 0 Å². The summed E-state index contributed by atoms with van der Waals surface area (Å²) < 4.78 is 0. The Morgan fingerprint density at radius 1 is 1.07 bits per heavy atom. The minimum atomic E-state index is -0.0880. The van der Waals surface area contributed by atoms with Crippen LogP contribution in [0.3, 0.4) is 0 Å². The highest BCUT2D eigenvalue weighted by Crippen LogP contribution is 2.23. The van der Waals surface area contributed by atoms with E-state index >= 15 is 0 Å². The van der Waals surface area contributed by atoms with E-state index in [-0.39, 0.29) is 5.91 Å². The Kier molecular flexibility index (Phi) is 5.88. The van der Waals surface area contributed by atoms with Crippen molar-refractivity contribution in [1.29, 1.82) is 0 Å². The summed E-state index contributed by atoms with van der Waals surface area (Å²) in [6.45, 7) is 9.29. The molecular formula is C24H27N3OS. The van der Waals surface area contributed by atoms with Gasteiger partial charge in [0, 0.05) is 47.9 Å². The normalized spacial score (nSPS) is 14.9. The van der Waals surface area contributed by atoms with Gasteiger partial charge in [-0.15, -0.1) is 0 Å². The van der Waals surface area contributed by atoms with Crippen LogP contribution in [0.25, 0.3) is 10.9 Å². The molecule has 1 N–H and O–H groups in total. The number of rotatable bonds is 4. The fourth-order valence-electron chi connectivity index (χ4n) is 3.83. The number of nitrogens with one attached hydrogen (secondary N) is 1. The zero-order valence-electron chi connectivity index (χ0n) is 17.3. The lowest BCUT2D eigenvalue weighted by atomic mass is 10.0. The third-order valence-corrected chi connectivity index (χ3v) is 6.33. The number of nitrogens with zero attached hydrogens (tertiary/aromatic N) is 2. The molecule has 0 saturated carbocycles.